The SMILES string of the molecule is CCc1ccc(CNC(=O)C2CCc3nn(CC)c(=O)n3CC2)cc1. The summed E-state index contributed by atoms with van der Waals surface area (Å²) in [5.41, 5.74) is 2.35. The van der Waals surface area contributed by atoms with E-state index in [1.165, 1.54) is 10.2 Å². The van der Waals surface area contributed by atoms with Crippen molar-refractivity contribution in [3.63, 3.8) is 0 Å². The first kappa shape index (κ1) is 17.5. The Kier molecular flexibility index (Phi) is 5.36. The summed E-state index contributed by atoms with van der Waals surface area (Å²) in [5.74, 6) is 0.810. The van der Waals surface area contributed by atoms with E-state index < -0.39 is 0 Å². The van der Waals surface area contributed by atoms with Crippen LogP contribution in [0.2, 0.25) is 0 Å². The van der Waals surface area contributed by atoms with Gasteiger partial charge in [-0.05, 0) is 37.3 Å². The van der Waals surface area contributed by atoms with Crippen LogP contribution in [0.5, 0.6) is 0 Å². The van der Waals surface area contributed by atoms with Gasteiger partial charge in [0.15, 0.2) is 0 Å². The van der Waals surface area contributed by atoms with Crippen LogP contribution < -0.4 is 11.0 Å². The molecule has 1 aromatic carbocycles. The van der Waals surface area contributed by atoms with Crippen molar-refractivity contribution in [1.29, 1.82) is 0 Å². The van der Waals surface area contributed by atoms with Crippen LogP contribution >= 0.6 is 0 Å². The Labute approximate surface area is 147 Å². The van der Waals surface area contributed by atoms with Crippen molar-refractivity contribution in [1.82, 2.24) is 19.7 Å². The third kappa shape index (κ3) is 3.83. The van der Waals surface area contributed by atoms with Gasteiger partial charge in [0.05, 0.1) is 0 Å². The summed E-state index contributed by atoms with van der Waals surface area (Å²) in [6.45, 7) is 5.74. The van der Waals surface area contributed by atoms with Crippen molar-refractivity contribution in [3.05, 3.63) is 51.7 Å². The molecular weight excluding hydrogens is 316 g/mol. The number of hydrogen-bond donors (Lipinski definition) is 1. The maximum absolute atomic E-state index is 12.5. The van der Waals surface area contributed by atoms with Crippen LogP contribution in [0.3, 0.4) is 0 Å². The molecule has 1 aliphatic rings. The van der Waals surface area contributed by atoms with Gasteiger partial charge >= 0.3 is 5.69 Å². The minimum Gasteiger partial charge on any atom is -0.352 e. The Hall–Kier alpha value is -2.37. The third-order valence-corrected chi connectivity index (χ3v) is 4.99. The van der Waals surface area contributed by atoms with Crippen molar-refractivity contribution in [2.45, 2.75) is 59.2 Å². The lowest BCUT2D eigenvalue weighted by molar-refractivity contribution is -0.125. The molecule has 0 bridgehead atoms. The van der Waals surface area contributed by atoms with Gasteiger partial charge < -0.3 is 5.32 Å². The smallest absolute Gasteiger partial charge is 0.345 e. The first-order valence-corrected chi connectivity index (χ1v) is 9.14. The summed E-state index contributed by atoms with van der Waals surface area (Å²) < 4.78 is 3.22. The Bertz CT molecular complexity index is 789. The number of carbonyl (C=O) groups is 1. The first-order valence-electron chi connectivity index (χ1n) is 9.14. The molecular formula is C19H26N4O2. The predicted octanol–water partition coefficient (Wildman–Crippen LogP) is 1.90. The van der Waals surface area contributed by atoms with E-state index in [9.17, 15) is 9.59 Å². The molecule has 134 valence electrons. The second kappa shape index (κ2) is 7.68. The monoisotopic (exact) mass is 342 g/mol. The van der Waals surface area contributed by atoms with Crippen LogP contribution in [0.15, 0.2) is 29.1 Å². The number of benzene rings is 1. The second-order valence-corrected chi connectivity index (χ2v) is 6.58. The van der Waals surface area contributed by atoms with Gasteiger partial charge in [-0.25, -0.2) is 9.48 Å². The van der Waals surface area contributed by atoms with Gasteiger partial charge in [0, 0.05) is 32.0 Å². The minimum absolute atomic E-state index is 0.0606. The molecule has 0 saturated heterocycles. The third-order valence-electron chi connectivity index (χ3n) is 4.99. The van der Waals surface area contributed by atoms with E-state index in [2.05, 4.69) is 41.6 Å². The van der Waals surface area contributed by atoms with E-state index in [0.29, 0.717) is 32.5 Å². The van der Waals surface area contributed by atoms with Gasteiger partial charge in [-0.2, -0.15) is 5.10 Å². The topological polar surface area (TPSA) is 68.9 Å². The van der Waals surface area contributed by atoms with E-state index in [1.54, 1.807) is 4.57 Å². The van der Waals surface area contributed by atoms with Crippen LogP contribution in [-0.2, 0) is 37.3 Å². The molecule has 25 heavy (non-hydrogen) atoms. The maximum Gasteiger partial charge on any atom is 0.345 e. The van der Waals surface area contributed by atoms with Gasteiger partial charge in [0.2, 0.25) is 5.91 Å². The zero-order valence-corrected chi connectivity index (χ0v) is 15.0. The van der Waals surface area contributed by atoms with Gasteiger partial charge in [-0.1, -0.05) is 31.2 Å². The number of carbonyl (C=O) groups excluding carboxylic acids is 1. The molecule has 1 unspecified atom stereocenters. The molecule has 2 heterocycles. The van der Waals surface area contributed by atoms with Crippen molar-refractivity contribution < 1.29 is 4.79 Å². The molecule has 1 aromatic heterocycles. The van der Waals surface area contributed by atoms with E-state index in [1.807, 2.05) is 6.92 Å². The van der Waals surface area contributed by atoms with Crippen molar-refractivity contribution >= 4 is 5.91 Å². The molecule has 1 amide bonds. The molecule has 0 aliphatic carbocycles. The maximum atomic E-state index is 12.5. The Balaban J connectivity index is 1.57. The highest BCUT2D eigenvalue weighted by molar-refractivity contribution is 5.78. The van der Waals surface area contributed by atoms with Gasteiger partial charge in [0.1, 0.15) is 5.82 Å². The Morgan fingerprint density at radius 1 is 1.20 bits per heavy atom. The molecule has 1 atom stereocenters. The van der Waals surface area contributed by atoms with Crippen LogP contribution in [-0.4, -0.2) is 20.3 Å². The Morgan fingerprint density at radius 2 is 1.92 bits per heavy atom. The lowest BCUT2D eigenvalue weighted by Gasteiger charge is -2.14. The molecule has 0 radical (unpaired) electrons. The fourth-order valence-corrected chi connectivity index (χ4v) is 3.32. The quantitative estimate of drug-likeness (QED) is 0.902. The minimum atomic E-state index is -0.0638. The highest BCUT2D eigenvalue weighted by Crippen LogP contribution is 2.18. The van der Waals surface area contributed by atoms with E-state index in [4.69, 9.17) is 0 Å². The molecule has 0 saturated carbocycles. The lowest BCUT2D eigenvalue weighted by atomic mass is 9.99. The summed E-state index contributed by atoms with van der Waals surface area (Å²) in [5, 5.41) is 7.41. The summed E-state index contributed by atoms with van der Waals surface area (Å²) in [7, 11) is 0. The fourth-order valence-electron chi connectivity index (χ4n) is 3.32. The number of aryl methyl sites for hydroxylation is 3. The summed E-state index contributed by atoms with van der Waals surface area (Å²) >= 11 is 0. The molecule has 6 heteroatoms. The number of nitrogens with one attached hydrogen (secondary N) is 1. The zero-order chi connectivity index (χ0) is 17.8. The fraction of sp³-hybridized carbons (Fsp3) is 0.526. The van der Waals surface area contributed by atoms with Crippen molar-refractivity contribution in [2.24, 2.45) is 5.92 Å². The first-order chi connectivity index (χ1) is 12.1. The molecule has 1 aliphatic heterocycles. The molecule has 1 N–H and O–H groups in total. The summed E-state index contributed by atoms with van der Waals surface area (Å²) in [6, 6.07) is 8.33. The van der Waals surface area contributed by atoms with E-state index >= 15 is 0 Å². The average Bonchev–Trinajstić information content (AvgIpc) is 2.82. The van der Waals surface area contributed by atoms with Crippen molar-refractivity contribution in [2.75, 3.05) is 0 Å². The summed E-state index contributed by atoms with van der Waals surface area (Å²) in [6.07, 6.45) is 3.11. The van der Waals surface area contributed by atoms with Crippen LogP contribution in [0.25, 0.3) is 0 Å². The zero-order valence-electron chi connectivity index (χ0n) is 15.0. The largest absolute Gasteiger partial charge is 0.352 e. The molecule has 3 rings (SSSR count). The predicted molar refractivity (Wildman–Crippen MR) is 96.3 cm³/mol. The molecule has 0 spiro atoms. The van der Waals surface area contributed by atoms with Crippen LogP contribution in [0.4, 0.5) is 0 Å². The van der Waals surface area contributed by atoms with Gasteiger partial charge in [0.25, 0.3) is 0 Å². The second-order valence-electron chi connectivity index (χ2n) is 6.58. The average molecular weight is 342 g/mol. The lowest BCUT2D eigenvalue weighted by Crippen LogP contribution is -2.31. The highest BCUT2D eigenvalue weighted by Gasteiger charge is 2.25. The number of aromatic nitrogens is 3. The number of hydrogen-bond acceptors (Lipinski definition) is 3. The van der Waals surface area contributed by atoms with Gasteiger partial charge in [-0.3, -0.25) is 9.36 Å². The highest BCUT2D eigenvalue weighted by atomic mass is 16.2. The number of nitrogens with zero attached hydrogens (tertiary/aromatic N) is 3. The Morgan fingerprint density at radius 3 is 2.60 bits per heavy atom. The van der Waals surface area contributed by atoms with Crippen LogP contribution in [0, 0.1) is 5.92 Å². The molecule has 0 fully saturated rings. The number of fused-ring (bicyclic) bond motifs is 1. The normalized spacial score (nSPS) is 17.0. The number of amides is 1. The van der Waals surface area contributed by atoms with E-state index in [-0.39, 0.29) is 17.5 Å². The summed E-state index contributed by atoms with van der Waals surface area (Å²) in [4.78, 5) is 24.7. The van der Waals surface area contributed by atoms with E-state index in [0.717, 1.165) is 24.2 Å². The number of rotatable bonds is 5. The van der Waals surface area contributed by atoms with Crippen LogP contribution in [0.1, 0.15) is 43.6 Å². The van der Waals surface area contributed by atoms with Gasteiger partial charge in [-0.15, -0.1) is 0 Å². The molecule has 6 nitrogen and oxygen atoms in total. The van der Waals surface area contributed by atoms with Crippen molar-refractivity contribution in [3.8, 4) is 0 Å². The standard InChI is InChI=1S/C19H26N4O2/c1-3-14-5-7-15(8-6-14)13-20-18(24)16-9-10-17-21-23(4-2)19(25)22(17)12-11-16/h5-8,16H,3-4,9-13H2,1-2H3,(H,20,24). The molecule has 2 aromatic rings.